The number of methoxy groups -OCH3 is 1. The quantitative estimate of drug-likeness (QED) is 0.663. The van der Waals surface area contributed by atoms with E-state index in [1.165, 1.54) is 10.9 Å². The van der Waals surface area contributed by atoms with Crippen molar-refractivity contribution in [2.24, 2.45) is 5.92 Å². The maximum absolute atomic E-state index is 12.8. The first-order valence-corrected chi connectivity index (χ1v) is 9.22. The van der Waals surface area contributed by atoms with Gasteiger partial charge in [0.05, 0.1) is 29.0 Å². The van der Waals surface area contributed by atoms with Crippen LogP contribution in [0.25, 0.3) is 10.9 Å². The van der Waals surface area contributed by atoms with E-state index in [0.717, 1.165) is 11.5 Å². The second-order valence-corrected chi connectivity index (χ2v) is 7.17. The van der Waals surface area contributed by atoms with Crippen LogP contribution in [0.3, 0.4) is 0 Å². The van der Waals surface area contributed by atoms with Crippen molar-refractivity contribution in [2.45, 2.75) is 26.0 Å². The molecule has 2 aromatic heterocycles. The van der Waals surface area contributed by atoms with Crippen LogP contribution in [0.2, 0.25) is 0 Å². The Morgan fingerprint density at radius 1 is 1.32 bits per heavy atom. The summed E-state index contributed by atoms with van der Waals surface area (Å²) in [5.41, 5.74) is 1.24. The van der Waals surface area contributed by atoms with Crippen molar-refractivity contribution < 1.29 is 14.1 Å². The van der Waals surface area contributed by atoms with Crippen molar-refractivity contribution >= 4 is 16.8 Å². The number of rotatable bonds is 5. The van der Waals surface area contributed by atoms with Crippen LogP contribution >= 0.6 is 0 Å². The number of ether oxygens (including phenoxy) is 1. The van der Waals surface area contributed by atoms with Gasteiger partial charge in [0.1, 0.15) is 12.3 Å². The third kappa shape index (κ3) is 3.55. The van der Waals surface area contributed by atoms with Gasteiger partial charge < -0.3 is 14.2 Å². The number of para-hydroxylation sites is 1. The highest BCUT2D eigenvalue weighted by atomic mass is 16.5. The number of fused-ring (bicyclic) bond motifs is 1. The van der Waals surface area contributed by atoms with Crippen LogP contribution in [-0.2, 0) is 22.5 Å². The van der Waals surface area contributed by atoms with E-state index < -0.39 is 0 Å². The number of nitrogens with zero attached hydrogens (tertiary/aromatic N) is 4. The van der Waals surface area contributed by atoms with Gasteiger partial charge in [0.25, 0.3) is 5.56 Å². The molecule has 0 saturated carbocycles. The number of likely N-dealkylation sites (tertiary alicyclic amines) is 1. The molecule has 3 heterocycles. The minimum Gasteiger partial charge on any atom is -0.379 e. The molecule has 1 aliphatic rings. The van der Waals surface area contributed by atoms with Gasteiger partial charge in [0.15, 0.2) is 0 Å². The first-order valence-electron chi connectivity index (χ1n) is 9.22. The van der Waals surface area contributed by atoms with Crippen LogP contribution in [0.4, 0.5) is 0 Å². The van der Waals surface area contributed by atoms with E-state index in [9.17, 15) is 9.59 Å². The predicted octanol–water partition coefficient (Wildman–Crippen LogP) is 1.41. The molecule has 0 bridgehead atoms. The highest BCUT2D eigenvalue weighted by molar-refractivity contribution is 5.79. The number of carbonyl (C=O) groups is 1. The second kappa shape index (κ2) is 7.55. The average molecular weight is 382 g/mol. The van der Waals surface area contributed by atoms with Crippen molar-refractivity contribution in [2.75, 3.05) is 20.2 Å². The topological polar surface area (TPSA) is 90.5 Å². The zero-order valence-corrected chi connectivity index (χ0v) is 15.9. The molecule has 28 heavy (non-hydrogen) atoms. The van der Waals surface area contributed by atoms with Gasteiger partial charge in [0.2, 0.25) is 5.91 Å². The van der Waals surface area contributed by atoms with Gasteiger partial charge in [-0.3, -0.25) is 14.2 Å². The highest BCUT2D eigenvalue weighted by Gasteiger charge is 2.36. The first-order chi connectivity index (χ1) is 13.5. The molecule has 1 aliphatic heterocycles. The van der Waals surface area contributed by atoms with Crippen LogP contribution in [0, 0.1) is 12.8 Å². The van der Waals surface area contributed by atoms with Crippen molar-refractivity contribution in [3.63, 3.8) is 0 Å². The maximum Gasteiger partial charge on any atom is 0.261 e. The molecule has 1 aromatic carbocycles. The fraction of sp³-hybridized carbons (Fsp3) is 0.400. The van der Waals surface area contributed by atoms with Crippen LogP contribution < -0.4 is 5.56 Å². The van der Waals surface area contributed by atoms with Crippen molar-refractivity contribution in [1.82, 2.24) is 19.6 Å². The Morgan fingerprint density at radius 2 is 2.14 bits per heavy atom. The van der Waals surface area contributed by atoms with Gasteiger partial charge in [-0.15, -0.1) is 0 Å². The molecule has 2 atom stereocenters. The standard InChI is InChI=1S/C20H22N4O4/c1-13-7-15(28-22-13)8-14-9-23(10-18(14)27-2)19(25)11-24-12-21-17-6-4-3-5-16(17)20(24)26/h3-7,12,14,18H,8-11H2,1-2H3/t14-,18+/m1/s1. The summed E-state index contributed by atoms with van der Waals surface area (Å²) < 4.78 is 12.2. The van der Waals surface area contributed by atoms with Gasteiger partial charge in [-0.2, -0.15) is 0 Å². The molecular formula is C20H22N4O4. The molecule has 1 saturated heterocycles. The maximum atomic E-state index is 12.8. The lowest BCUT2D eigenvalue weighted by atomic mass is 10.0. The first kappa shape index (κ1) is 18.4. The molecule has 1 fully saturated rings. The lowest BCUT2D eigenvalue weighted by molar-refractivity contribution is -0.131. The summed E-state index contributed by atoms with van der Waals surface area (Å²) in [7, 11) is 1.65. The fourth-order valence-electron chi connectivity index (χ4n) is 3.74. The summed E-state index contributed by atoms with van der Waals surface area (Å²) in [5, 5.41) is 4.42. The summed E-state index contributed by atoms with van der Waals surface area (Å²) in [6.07, 6.45) is 2.00. The van der Waals surface area contributed by atoms with Gasteiger partial charge in [-0.1, -0.05) is 17.3 Å². The summed E-state index contributed by atoms with van der Waals surface area (Å²) in [4.78, 5) is 31.4. The van der Waals surface area contributed by atoms with Gasteiger partial charge in [-0.25, -0.2) is 4.98 Å². The third-order valence-corrected chi connectivity index (χ3v) is 5.21. The predicted molar refractivity (Wildman–Crippen MR) is 102 cm³/mol. The van der Waals surface area contributed by atoms with E-state index in [2.05, 4.69) is 10.1 Å². The Hall–Kier alpha value is -3.00. The largest absolute Gasteiger partial charge is 0.379 e. The van der Waals surface area contributed by atoms with Crippen molar-refractivity contribution in [3.05, 3.63) is 58.5 Å². The van der Waals surface area contributed by atoms with Crippen molar-refractivity contribution in [1.29, 1.82) is 0 Å². The average Bonchev–Trinajstić information content (AvgIpc) is 3.30. The Kier molecular flexibility index (Phi) is 4.95. The number of amides is 1. The zero-order chi connectivity index (χ0) is 19.7. The minimum atomic E-state index is -0.213. The van der Waals surface area contributed by atoms with Crippen LogP contribution in [0.5, 0.6) is 0 Å². The number of aromatic nitrogens is 3. The normalized spacial score (nSPS) is 19.4. The van der Waals surface area contributed by atoms with Crippen LogP contribution in [0.15, 0.2) is 46.0 Å². The number of benzene rings is 1. The lowest BCUT2D eigenvalue weighted by Gasteiger charge is -2.16. The van der Waals surface area contributed by atoms with E-state index >= 15 is 0 Å². The molecule has 1 amide bonds. The smallest absolute Gasteiger partial charge is 0.261 e. The van der Waals surface area contributed by atoms with Gasteiger partial charge in [-0.05, 0) is 19.1 Å². The second-order valence-electron chi connectivity index (χ2n) is 7.17. The summed E-state index contributed by atoms with van der Waals surface area (Å²) >= 11 is 0. The Balaban J connectivity index is 1.48. The number of hydrogen-bond donors (Lipinski definition) is 0. The molecule has 0 N–H and O–H groups in total. The lowest BCUT2D eigenvalue weighted by Crippen LogP contribution is -2.35. The van der Waals surface area contributed by atoms with E-state index in [1.807, 2.05) is 19.1 Å². The fourth-order valence-corrected chi connectivity index (χ4v) is 3.74. The molecule has 146 valence electrons. The highest BCUT2D eigenvalue weighted by Crippen LogP contribution is 2.24. The van der Waals surface area contributed by atoms with E-state index in [1.54, 1.807) is 30.2 Å². The van der Waals surface area contributed by atoms with Gasteiger partial charge in [0, 0.05) is 38.6 Å². The molecule has 0 radical (unpaired) electrons. The van der Waals surface area contributed by atoms with E-state index in [-0.39, 0.29) is 30.0 Å². The molecular weight excluding hydrogens is 360 g/mol. The zero-order valence-electron chi connectivity index (χ0n) is 15.9. The summed E-state index contributed by atoms with van der Waals surface area (Å²) in [6, 6.07) is 9.02. The molecule has 8 nitrogen and oxygen atoms in total. The van der Waals surface area contributed by atoms with Crippen LogP contribution in [-0.4, -0.2) is 51.8 Å². The minimum absolute atomic E-state index is 0.0404. The Bertz CT molecular complexity index is 1060. The summed E-state index contributed by atoms with van der Waals surface area (Å²) in [6.45, 7) is 2.87. The SMILES string of the molecule is CO[C@H]1CN(C(=O)Cn2cnc3ccccc3c2=O)C[C@H]1Cc1cc(C)no1. The van der Waals surface area contributed by atoms with Gasteiger partial charge >= 0.3 is 0 Å². The van der Waals surface area contributed by atoms with E-state index in [4.69, 9.17) is 9.26 Å². The number of aryl methyl sites for hydroxylation is 1. The van der Waals surface area contributed by atoms with Crippen LogP contribution in [0.1, 0.15) is 11.5 Å². The van der Waals surface area contributed by atoms with Crippen molar-refractivity contribution in [3.8, 4) is 0 Å². The Labute approximate surface area is 161 Å². The molecule has 0 spiro atoms. The number of hydrogen-bond acceptors (Lipinski definition) is 6. The Morgan fingerprint density at radius 3 is 2.89 bits per heavy atom. The number of carbonyl (C=O) groups excluding carboxylic acids is 1. The molecule has 4 rings (SSSR count). The van der Waals surface area contributed by atoms with E-state index in [0.29, 0.717) is 30.4 Å². The molecule has 3 aromatic rings. The monoisotopic (exact) mass is 382 g/mol. The molecule has 8 heteroatoms. The third-order valence-electron chi connectivity index (χ3n) is 5.21. The summed E-state index contributed by atoms with van der Waals surface area (Å²) in [5.74, 6) is 0.777. The molecule has 0 aliphatic carbocycles. The molecule has 0 unspecified atom stereocenters.